The first-order chi connectivity index (χ1) is 14.2. The molecule has 0 aliphatic carbocycles. The van der Waals surface area contributed by atoms with Gasteiger partial charge in [-0.05, 0) is 36.8 Å². The van der Waals surface area contributed by atoms with Crippen LogP contribution < -0.4 is 10.6 Å². The van der Waals surface area contributed by atoms with Gasteiger partial charge in [0.25, 0.3) is 0 Å². The fraction of sp³-hybridized carbons (Fsp3) is 0.522. The molecule has 2 aromatic rings. The molecule has 1 aromatic carbocycles. The summed E-state index contributed by atoms with van der Waals surface area (Å²) in [5, 5.41) is 7.68. The molecule has 5 nitrogen and oxygen atoms in total. The zero-order chi connectivity index (χ0) is 20.3. The summed E-state index contributed by atoms with van der Waals surface area (Å²) in [6, 6.07) is 15.2. The van der Waals surface area contributed by atoms with Gasteiger partial charge in [0.1, 0.15) is 5.76 Å². The minimum absolute atomic E-state index is 0.474. The van der Waals surface area contributed by atoms with E-state index in [0.29, 0.717) is 11.3 Å². The van der Waals surface area contributed by atoms with Crippen molar-refractivity contribution in [2.24, 2.45) is 4.99 Å². The van der Waals surface area contributed by atoms with Crippen molar-refractivity contribution in [1.29, 1.82) is 0 Å². The van der Waals surface area contributed by atoms with Crippen LogP contribution in [-0.4, -0.2) is 54.6 Å². The van der Waals surface area contributed by atoms with E-state index in [0.717, 1.165) is 63.7 Å². The first-order valence-corrected chi connectivity index (χ1v) is 11.9. The van der Waals surface area contributed by atoms with Crippen LogP contribution in [0.5, 0.6) is 0 Å². The summed E-state index contributed by atoms with van der Waals surface area (Å²) in [4.78, 5) is 7.37. The number of rotatable bonds is 9. The van der Waals surface area contributed by atoms with E-state index >= 15 is 0 Å². The number of hydrogen-bond acceptors (Lipinski definition) is 4. The van der Waals surface area contributed by atoms with E-state index in [9.17, 15) is 0 Å². The highest BCUT2D eigenvalue weighted by atomic mass is 32.2. The summed E-state index contributed by atoms with van der Waals surface area (Å²) in [5.74, 6) is 1.93. The zero-order valence-corrected chi connectivity index (χ0v) is 18.5. The van der Waals surface area contributed by atoms with E-state index in [4.69, 9.17) is 9.41 Å². The Morgan fingerprint density at radius 3 is 2.69 bits per heavy atom. The Hall–Kier alpha value is -1.92. The van der Waals surface area contributed by atoms with Gasteiger partial charge in [-0.2, -0.15) is 11.8 Å². The molecule has 1 atom stereocenters. The molecule has 2 N–H and O–H groups in total. The summed E-state index contributed by atoms with van der Waals surface area (Å²) in [6.07, 6.45) is 7.01. The third-order valence-electron chi connectivity index (χ3n) is 5.33. The van der Waals surface area contributed by atoms with Gasteiger partial charge in [-0.25, -0.2) is 0 Å². The number of likely N-dealkylation sites (tertiary alicyclic amines) is 1. The Labute approximate surface area is 179 Å². The molecular formula is C23H34N4OS. The predicted molar refractivity (Wildman–Crippen MR) is 124 cm³/mol. The molecule has 3 rings (SSSR count). The lowest BCUT2D eigenvalue weighted by molar-refractivity contribution is 0.198. The third-order valence-corrected chi connectivity index (χ3v) is 6.28. The Balaban J connectivity index is 1.46. The molecule has 1 aliphatic rings. The Morgan fingerprint density at radius 2 is 2.00 bits per heavy atom. The van der Waals surface area contributed by atoms with Crippen molar-refractivity contribution in [2.75, 3.05) is 32.4 Å². The molecule has 1 aromatic heterocycles. The van der Waals surface area contributed by atoms with E-state index in [1.165, 1.54) is 5.56 Å². The maximum atomic E-state index is 5.43. The highest BCUT2D eigenvalue weighted by Crippen LogP contribution is 2.14. The number of guanidine groups is 1. The van der Waals surface area contributed by atoms with E-state index in [1.807, 2.05) is 23.9 Å². The lowest BCUT2D eigenvalue weighted by atomic mass is 10.0. The third kappa shape index (κ3) is 7.78. The van der Waals surface area contributed by atoms with E-state index in [-0.39, 0.29) is 0 Å². The molecule has 0 bridgehead atoms. The second kappa shape index (κ2) is 11.9. The molecule has 158 valence electrons. The zero-order valence-electron chi connectivity index (χ0n) is 17.6. The van der Waals surface area contributed by atoms with Crippen LogP contribution in [0.2, 0.25) is 0 Å². The van der Waals surface area contributed by atoms with Crippen LogP contribution >= 0.6 is 11.8 Å². The molecule has 0 saturated carbocycles. The van der Waals surface area contributed by atoms with E-state index in [2.05, 4.69) is 59.0 Å². The average molecular weight is 415 g/mol. The Bertz CT molecular complexity index is 712. The Kier molecular flexibility index (Phi) is 8.96. The fourth-order valence-corrected chi connectivity index (χ4v) is 3.70. The molecule has 0 spiro atoms. The lowest BCUT2D eigenvalue weighted by Gasteiger charge is -2.33. The predicted octanol–water partition coefficient (Wildman–Crippen LogP) is 3.77. The molecule has 2 heterocycles. The van der Waals surface area contributed by atoms with Crippen LogP contribution in [0.1, 0.15) is 31.1 Å². The maximum Gasteiger partial charge on any atom is 0.191 e. The number of hydrogen-bond donors (Lipinski definition) is 2. The highest BCUT2D eigenvalue weighted by molar-refractivity contribution is 7.99. The fourth-order valence-electron chi connectivity index (χ4n) is 3.48. The monoisotopic (exact) mass is 414 g/mol. The number of benzene rings is 1. The van der Waals surface area contributed by atoms with Crippen LogP contribution in [-0.2, 0) is 13.0 Å². The summed E-state index contributed by atoms with van der Waals surface area (Å²) in [5.41, 5.74) is 1.40. The smallest absolute Gasteiger partial charge is 0.191 e. The minimum atomic E-state index is 0.474. The summed E-state index contributed by atoms with van der Waals surface area (Å²) < 4.78 is 5.43. The van der Waals surface area contributed by atoms with Crippen LogP contribution in [0.25, 0.3) is 0 Å². The van der Waals surface area contributed by atoms with Crippen molar-refractivity contribution in [2.45, 2.75) is 44.0 Å². The molecule has 0 radical (unpaired) electrons. The number of thioether (sulfide) groups is 1. The molecule has 1 saturated heterocycles. The van der Waals surface area contributed by atoms with Gasteiger partial charge in [0.05, 0.1) is 12.8 Å². The second-order valence-corrected chi connectivity index (χ2v) is 8.95. The summed E-state index contributed by atoms with van der Waals surface area (Å²) >= 11 is 1.85. The van der Waals surface area contributed by atoms with Gasteiger partial charge < -0.3 is 15.1 Å². The molecule has 0 amide bonds. The van der Waals surface area contributed by atoms with Gasteiger partial charge in [0.2, 0.25) is 0 Å². The molecule has 1 unspecified atom stereocenters. The van der Waals surface area contributed by atoms with Gasteiger partial charge >= 0.3 is 0 Å². The van der Waals surface area contributed by atoms with Gasteiger partial charge in [0, 0.05) is 43.9 Å². The van der Waals surface area contributed by atoms with Crippen molar-refractivity contribution < 1.29 is 4.42 Å². The number of nitrogens with zero attached hydrogens (tertiary/aromatic N) is 2. The van der Waals surface area contributed by atoms with Crippen molar-refractivity contribution in [3.05, 3.63) is 60.1 Å². The van der Waals surface area contributed by atoms with Gasteiger partial charge in [-0.15, -0.1) is 0 Å². The number of nitrogens with one attached hydrogen (secondary N) is 2. The van der Waals surface area contributed by atoms with Crippen molar-refractivity contribution in [3.8, 4) is 0 Å². The summed E-state index contributed by atoms with van der Waals surface area (Å²) in [6.45, 7) is 7.14. The number of aliphatic imine (C=N–C) groups is 1. The van der Waals surface area contributed by atoms with Crippen molar-refractivity contribution in [3.63, 3.8) is 0 Å². The van der Waals surface area contributed by atoms with Crippen LogP contribution in [0.3, 0.4) is 0 Å². The first-order valence-electron chi connectivity index (χ1n) is 10.6. The minimum Gasteiger partial charge on any atom is -0.469 e. The van der Waals surface area contributed by atoms with Gasteiger partial charge in [0.15, 0.2) is 5.96 Å². The highest BCUT2D eigenvalue weighted by Gasteiger charge is 2.20. The second-order valence-electron chi connectivity index (χ2n) is 7.67. The number of furan rings is 1. The molecule has 6 heteroatoms. The molecular weight excluding hydrogens is 380 g/mol. The van der Waals surface area contributed by atoms with Crippen LogP contribution in [0.4, 0.5) is 0 Å². The number of piperidine rings is 1. The largest absolute Gasteiger partial charge is 0.469 e. The van der Waals surface area contributed by atoms with Gasteiger partial charge in [-0.3, -0.25) is 9.89 Å². The molecule has 1 fully saturated rings. The van der Waals surface area contributed by atoms with Crippen LogP contribution in [0, 0.1) is 0 Å². The van der Waals surface area contributed by atoms with Crippen molar-refractivity contribution >= 4 is 17.7 Å². The quantitative estimate of drug-likeness (QED) is 0.483. The normalized spacial score (nSPS) is 17.2. The lowest BCUT2D eigenvalue weighted by Crippen LogP contribution is -2.49. The van der Waals surface area contributed by atoms with Gasteiger partial charge in [-0.1, -0.05) is 37.3 Å². The average Bonchev–Trinajstić information content (AvgIpc) is 3.27. The standard InChI is InChI=1S/C23H34N4OS/c1-19(29-2)17-25-23(24-13-10-22-9-6-16-28-22)26-21-11-14-27(15-12-21)18-20-7-4-3-5-8-20/h3-9,16,19,21H,10-15,17-18H2,1-2H3,(H2,24,25,26). The van der Waals surface area contributed by atoms with E-state index < -0.39 is 0 Å². The maximum absolute atomic E-state index is 5.43. The topological polar surface area (TPSA) is 52.8 Å². The Morgan fingerprint density at radius 1 is 1.21 bits per heavy atom. The van der Waals surface area contributed by atoms with Crippen molar-refractivity contribution in [1.82, 2.24) is 15.5 Å². The molecule has 29 heavy (non-hydrogen) atoms. The summed E-state index contributed by atoms with van der Waals surface area (Å²) in [7, 11) is 0. The first kappa shape index (κ1) is 21.8. The SMILES string of the molecule is CSC(C)CN=C(NCCc1ccco1)NC1CCN(Cc2ccccc2)CC1. The molecule has 1 aliphatic heterocycles. The van der Waals surface area contributed by atoms with E-state index in [1.54, 1.807) is 6.26 Å². The van der Waals surface area contributed by atoms with Crippen LogP contribution in [0.15, 0.2) is 58.1 Å².